The van der Waals surface area contributed by atoms with E-state index in [0.717, 1.165) is 31.4 Å². The van der Waals surface area contributed by atoms with Gasteiger partial charge in [0.25, 0.3) is 5.91 Å². The summed E-state index contributed by atoms with van der Waals surface area (Å²) in [4.78, 5) is 11.9. The standard InChI is InChI=1S/C19H31ClN2O4/c1-19(2,3)22-18(24)13-26-17-11-15(20)14(10-16(17)25-4)12-21-8-6-5-7-9-23/h10-11,21,23H,5-9,12-13H2,1-4H3,(H,22,24). The average Bonchev–Trinajstić information content (AvgIpc) is 2.55. The number of methoxy groups -OCH3 is 1. The smallest absolute Gasteiger partial charge is 0.258 e. The number of hydrogen-bond donors (Lipinski definition) is 3. The van der Waals surface area contributed by atoms with Gasteiger partial charge in [-0.1, -0.05) is 11.6 Å². The predicted octanol–water partition coefficient (Wildman–Crippen LogP) is 2.89. The van der Waals surface area contributed by atoms with E-state index in [-0.39, 0.29) is 24.7 Å². The maximum Gasteiger partial charge on any atom is 0.258 e. The van der Waals surface area contributed by atoms with Crippen LogP contribution in [0.4, 0.5) is 0 Å². The lowest BCUT2D eigenvalue weighted by Gasteiger charge is -2.21. The van der Waals surface area contributed by atoms with Gasteiger partial charge >= 0.3 is 0 Å². The van der Waals surface area contributed by atoms with Gasteiger partial charge in [-0.2, -0.15) is 0 Å². The number of benzene rings is 1. The van der Waals surface area contributed by atoms with Crippen LogP contribution in [0.1, 0.15) is 45.6 Å². The average molecular weight is 387 g/mol. The van der Waals surface area contributed by atoms with Crippen LogP contribution in [0.3, 0.4) is 0 Å². The molecule has 6 nitrogen and oxygen atoms in total. The van der Waals surface area contributed by atoms with Crippen molar-refractivity contribution in [1.82, 2.24) is 10.6 Å². The Morgan fingerprint density at radius 3 is 2.54 bits per heavy atom. The monoisotopic (exact) mass is 386 g/mol. The maximum atomic E-state index is 11.9. The largest absolute Gasteiger partial charge is 0.493 e. The second-order valence-corrected chi connectivity index (χ2v) is 7.55. The molecule has 0 heterocycles. The summed E-state index contributed by atoms with van der Waals surface area (Å²) >= 11 is 6.33. The molecular formula is C19H31ClN2O4. The van der Waals surface area contributed by atoms with Crippen LogP contribution in [-0.4, -0.2) is 43.4 Å². The van der Waals surface area contributed by atoms with Crippen LogP contribution in [0.2, 0.25) is 5.02 Å². The summed E-state index contributed by atoms with van der Waals surface area (Å²) in [5.41, 5.74) is 0.590. The van der Waals surface area contributed by atoms with E-state index in [1.165, 1.54) is 0 Å². The second kappa shape index (κ2) is 11.3. The molecule has 0 radical (unpaired) electrons. The molecule has 7 heteroatoms. The Morgan fingerprint density at radius 2 is 1.92 bits per heavy atom. The van der Waals surface area contributed by atoms with Gasteiger partial charge in [0.05, 0.1) is 7.11 Å². The number of ether oxygens (including phenoxy) is 2. The third-order valence-electron chi connectivity index (χ3n) is 3.53. The van der Waals surface area contributed by atoms with E-state index >= 15 is 0 Å². The molecule has 0 atom stereocenters. The number of unbranched alkanes of at least 4 members (excludes halogenated alkanes) is 2. The van der Waals surface area contributed by atoms with Gasteiger partial charge in [-0.25, -0.2) is 0 Å². The molecule has 0 fully saturated rings. The molecule has 0 aromatic heterocycles. The van der Waals surface area contributed by atoms with E-state index in [4.69, 9.17) is 26.2 Å². The van der Waals surface area contributed by atoms with Crippen molar-refractivity contribution in [2.45, 2.75) is 52.1 Å². The second-order valence-electron chi connectivity index (χ2n) is 7.14. The quantitative estimate of drug-likeness (QED) is 0.509. The van der Waals surface area contributed by atoms with Crippen molar-refractivity contribution in [2.24, 2.45) is 0 Å². The molecular weight excluding hydrogens is 356 g/mol. The number of hydrogen-bond acceptors (Lipinski definition) is 5. The number of aliphatic hydroxyl groups is 1. The summed E-state index contributed by atoms with van der Waals surface area (Å²) < 4.78 is 10.9. The zero-order chi connectivity index (χ0) is 19.6. The zero-order valence-electron chi connectivity index (χ0n) is 16.2. The number of nitrogens with one attached hydrogen (secondary N) is 2. The van der Waals surface area contributed by atoms with Gasteiger partial charge in [-0.15, -0.1) is 0 Å². The highest BCUT2D eigenvalue weighted by Crippen LogP contribution is 2.33. The summed E-state index contributed by atoms with van der Waals surface area (Å²) in [7, 11) is 1.55. The summed E-state index contributed by atoms with van der Waals surface area (Å²) in [5, 5.41) is 15.5. The topological polar surface area (TPSA) is 79.8 Å². The Balaban J connectivity index is 2.61. The lowest BCUT2D eigenvalue weighted by atomic mass is 10.1. The van der Waals surface area contributed by atoms with Gasteiger partial charge in [0.15, 0.2) is 18.1 Å². The Hall–Kier alpha value is -1.50. The Labute approximate surface area is 161 Å². The minimum absolute atomic E-state index is 0.105. The molecule has 1 aromatic rings. The normalized spacial score (nSPS) is 11.3. The molecule has 0 saturated heterocycles. The minimum Gasteiger partial charge on any atom is -0.493 e. The fraction of sp³-hybridized carbons (Fsp3) is 0.632. The van der Waals surface area contributed by atoms with Gasteiger partial charge < -0.3 is 25.2 Å². The van der Waals surface area contributed by atoms with Gasteiger partial charge in [-0.3, -0.25) is 4.79 Å². The Bertz CT molecular complexity index is 573. The third kappa shape index (κ3) is 8.74. The van der Waals surface area contributed by atoms with Crippen LogP contribution in [0.15, 0.2) is 12.1 Å². The highest BCUT2D eigenvalue weighted by Gasteiger charge is 2.16. The van der Waals surface area contributed by atoms with Crippen LogP contribution in [0.5, 0.6) is 11.5 Å². The van der Waals surface area contributed by atoms with Crippen LogP contribution in [0.25, 0.3) is 0 Å². The van der Waals surface area contributed by atoms with E-state index in [1.807, 2.05) is 26.8 Å². The number of carbonyl (C=O) groups excluding carboxylic acids is 1. The van der Waals surface area contributed by atoms with Crippen molar-refractivity contribution in [3.05, 3.63) is 22.7 Å². The van der Waals surface area contributed by atoms with Crippen LogP contribution < -0.4 is 20.1 Å². The van der Waals surface area contributed by atoms with Crippen LogP contribution >= 0.6 is 11.6 Å². The minimum atomic E-state index is -0.311. The van der Waals surface area contributed by atoms with E-state index < -0.39 is 0 Å². The van der Waals surface area contributed by atoms with E-state index in [2.05, 4.69) is 10.6 Å². The molecule has 3 N–H and O–H groups in total. The highest BCUT2D eigenvalue weighted by atomic mass is 35.5. The molecule has 0 bridgehead atoms. The first kappa shape index (κ1) is 22.5. The number of carbonyl (C=O) groups is 1. The molecule has 1 aromatic carbocycles. The first-order valence-electron chi connectivity index (χ1n) is 8.88. The summed E-state index contributed by atoms with van der Waals surface area (Å²) in [6.07, 6.45) is 2.81. The molecule has 0 unspecified atom stereocenters. The fourth-order valence-corrected chi connectivity index (χ4v) is 2.56. The van der Waals surface area contributed by atoms with Crippen molar-refractivity contribution < 1.29 is 19.4 Å². The zero-order valence-corrected chi connectivity index (χ0v) is 16.9. The Kier molecular flexibility index (Phi) is 9.76. The van der Waals surface area contributed by atoms with E-state index in [9.17, 15) is 4.79 Å². The third-order valence-corrected chi connectivity index (χ3v) is 3.88. The Morgan fingerprint density at radius 1 is 1.19 bits per heavy atom. The van der Waals surface area contributed by atoms with Crippen LogP contribution in [0, 0.1) is 0 Å². The lowest BCUT2D eigenvalue weighted by molar-refractivity contribution is -0.124. The number of halogens is 1. The first-order valence-corrected chi connectivity index (χ1v) is 9.26. The molecule has 0 saturated carbocycles. The van der Waals surface area contributed by atoms with E-state index in [1.54, 1.807) is 13.2 Å². The van der Waals surface area contributed by atoms with Gasteiger partial charge in [0, 0.05) is 29.8 Å². The molecule has 148 valence electrons. The summed E-state index contributed by atoms with van der Waals surface area (Å²) in [6.45, 7) is 7.32. The first-order chi connectivity index (χ1) is 12.3. The van der Waals surface area contributed by atoms with Crippen molar-refractivity contribution in [2.75, 3.05) is 26.9 Å². The van der Waals surface area contributed by atoms with Gasteiger partial charge in [0.1, 0.15) is 0 Å². The molecule has 0 aliphatic carbocycles. The maximum absolute atomic E-state index is 11.9. The van der Waals surface area contributed by atoms with E-state index in [0.29, 0.717) is 23.1 Å². The molecule has 0 aliphatic rings. The van der Waals surface area contributed by atoms with Crippen molar-refractivity contribution in [3.63, 3.8) is 0 Å². The molecule has 0 spiro atoms. The molecule has 26 heavy (non-hydrogen) atoms. The fourth-order valence-electron chi connectivity index (χ4n) is 2.34. The number of aliphatic hydroxyl groups excluding tert-OH is 1. The van der Waals surface area contributed by atoms with Crippen LogP contribution in [-0.2, 0) is 11.3 Å². The summed E-state index contributed by atoms with van der Waals surface area (Å²) in [6, 6.07) is 3.49. The SMILES string of the molecule is COc1cc(CNCCCCCO)c(Cl)cc1OCC(=O)NC(C)(C)C. The predicted molar refractivity (Wildman–Crippen MR) is 104 cm³/mol. The summed E-state index contributed by atoms with van der Waals surface area (Å²) in [5.74, 6) is 0.771. The lowest BCUT2D eigenvalue weighted by Crippen LogP contribution is -2.43. The highest BCUT2D eigenvalue weighted by molar-refractivity contribution is 6.31. The van der Waals surface area contributed by atoms with Crippen molar-refractivity contribution >= 4 is 17.5 Å². The molecule has 1 rings (SSSR count). The molecule has 0 aliphatic heterocycles. The van der Waals surface area contributed by atoms with Crippen molar-refractivity contribution in [3.8, 4) is 11.5 Å². The number of rotatable bonds is 11. The number of amides is 1. The van der Waals surface area contributed by atoms with Gasteiger partial charge in [0.2, 0.25) is 0 Å². The van der Waals surface area contributed by atoms with Gasteiger partial charge in [-0.05, 0) is 58.2 Å². The van der Waals surface area contributed by atoms with Crippen molar-refractivity contribution in [1.29, 1.82) is 0 Å². The molecule has 1 amide bonds.